The van der Waals surface area contributed by atoms with Crippen molar-refractivity contribution >= 4 is 78.6 Å². The highest BCUT2D eigenvalue weighted by molar-refractivity contribution is 6.08. The Balaban J connectivity index is 0.000000140. The zero-order chi connectivity index (χ0) is 71.4. The van der Waals surface area contributed by atoms with E-state index in [1.165, 1.54) is 42.0 Å². The van der Waals surface area contributed by atoms with Gasteiger partial charge in [0.25, 0.3) is 0 Å². The van der Waals surface area contributed by atoms with Gasteiger partial charge in [0, 0.05) is 162 Å². The van der Waals surface area contributed by atoms with Crippen LogP contribution in [0.5, 0.6) is 0 Å². The van der Waals surface area contributed by atoms with Gasteiger partial charge >= 0.3 is 17.9 Å². The molecule has 3 saturated heterocycles. The normalized spacial score (nSPS) is 14.6. The third-order valence-electron chi connectivity index (χ3n) is 20.7. The Morgan fingerprint density at radius 2 is 0.785 bits per heavy atom. The molecule has 18 rings (SSSR count). The van der Waals surface area contributed by atoms with E-state index in [0.717, 1.165) is 166 Å². The third kappa shape index (κ3) is 14.0. The molecular weight excluding hydrogens is 1360 g/mol. The quantitative estimate of drug-likeness (QED) is 0.105. The molecule has 0 radical (unpaired) electrons. The number of ether oxygens (including phenoxy) is 3. The van der Waals surface area contributed by atoms with Gasteiger partial charge in [-0.1, -0.05) is 58.7 Å². The zero-order valence-corrected chi connectivity index (χ0v) is 57.0. The second-order valence-corrected chi connectivity index (χ2v) is 27.0. The lowest BCUT2D eigenvalue weighted by atomic mass is 9.89. The minimum Gasteiger partial charge on any atom is -0.478 e. The van der Waals surface area contributed by atoms with E-state index in [0.29, 0.717) is 46.2 Å². The molecule has 0 aliphatic carbocycles. The molecule has 0 bridgehead atoms. The van der Waals surface area contributed by atoms with Crippen LogP contribution in [0.3, 0.4) is 0 Å². The van der Waals surface area contributed by atoms with E-state index in [9.17, 15) is 42.9 Å². The Kier molecular flexibility index (Phi) is 21.2. The fourth-order valence-electron chi connectivity index (χ4n) is 15.7. The summed E-state index contributed by atoms with van der Waals surface area (Å²) in [4.78, 5) is 38.9. The first kappa shape index (κ1) is 73.6. The van der Waals surface area contributed by atoms with Crippen LogP contribution in [0, 0.1) is 17.5 Å². The van der Waals surface area contributed by atoms with E-state index in [1.807, 2.05) is 110 Å². The Morgan fingerprint density at radius 1 is 0.430 bits per heavy atom. The predicted octanol–water partition coefficient (Wildman–Crippen LogP) is 19.7. The molecule has 3 N–H and O–H groups in total. The maximum Gasteiger partial charge on any atom is 0.335 e. The maximum atomic E-state index is 13.9. The van der Waals surface area contributed by atoms with E-state index >= 15 is 0 Å². The van der Waals surface area contributed by atoms with Gasteiger partial charge < -0.3 is 43.2 Å². The Morgan fingerprint density at radius 3 is 1.17 bits per heavy atom. The zero-order valence-electron chi connectivity index (χ0n) is 57.0. The average Bonchev–Trinajstić information content (AvgIpc) is 1.59. The summed E-state index contributed by atoms with van der Waals surface area (Å²) in [6.07, 6.45) is 11.0. The van der Waals surface area contributed by atoms with Crippen LogP contribution in [0.4, 0.5) is 13.2 Å². The Labute approximate surface area is 616 Å². The number of aryl methyl sites for hydroxylation is 2. The molecule has 9 aromatic carbocycles. The van der Waals surface area contributed by atoms with E-state index in [4.69, 9.17) is 14.2 Å². The molecule has 0 saturated carbocycles. The first-order valence-electron chi connectivity index (χ1n) is 34.9. The number of hydrogen-bond acceptors (Lipinski definition) is 9. The summed E-state index contributed by atoms with van der Waals surface area (Å²) in [5, 5.41) is 42.5. The number of aromatic carboxylic acids is 3. The summed E-state index contributed by atoms with van der Waals surface area (Å²) in [6, 6.07) is 53.9. The van der Waals surface area contributed by atoms with E-state index in [1.54, 1.807) is 41.1 Å². The van der Waals surface area contributed by atoms with Gasteiger partial charge in [0.05, 0.1) is 57.0 Å². The number of halogens is 3. The van der Waals surface area contributed by atoms with Crippen LogP contribution in [0.1, 0.15) is 138 Å². The van der Waals surface area contributed by atoms with Crippen molar-refractivity contribution < 1.29 is 57.1 Å². The summed E-state index contributed by atoms with van der Waals surface area (Å²) in [5.41, 5.74) is 20.2. The molecule has 3 fully saturated rings. The Bertz CT molecular complexity index is 5610. The summed E-state index contributed by atoms with van der Waals surface area (Å²) in [6.45, 7) is 4.75. The molecule has 107 heavy (non-hydrogen) atoms. The Hall–Kier alpha value is -11.7. The highest BCUT2D eigenvalue weighted by atomic mass is 19.1. The van der Waals surface area contributed by atoms with Crippen LogP contribution in [0.15, 0.2) is 199 Å². The first-order chi connectivity index (χ1) is 50.6. The number of nitrogens with zero attached hydrogens (tertiary/aromatic N) is 8. The van der Waals surface area contributed by atoms with Crippen molar-refractivity contribution in [3.05, 3.63) is 257 Å². The van der Waals surface area contributed by atoms with Crippen LogP contribution in [-0.4, -0.2) is 112 Å². The topological polar surface area (TPSA) is 202 Å². The predicted molar refractivity (Wildman–Crippen MR) is 415 cm³/mol. The number of aromatic nitrogens is 7. The van der Waals surface area contributed by atoms with Gasteiger partial charge in [-0.2, -0.15) is 10.2 Å². The molecule has 14 aromatic rings. The van der Waals surface area contributed by atoms with Gasteiger partial charge in [0.1, 0.15) is 17.5 Å². The fourth-order valence-corrected chi connectivity index (χ4v) is 15.7. The third-order valence-corrected chi connectivity index (χ3v) is 20.7. The lowest BCUT2D eigenvalue weighted by Gasteiger charge is -2.26. The van der Waals surface area contributed by atoms with Gasteiger partial charge in [-0.15, -0.1) is 0 Å². The molecule has 4 aliphatic rings. The lowest BCUT2D eigenvalue weighted by molar-refractivity contribution is 0.0686. The van der Waals surface area contributed by atoms with Gasteiger partial charge in [0.15, 0.2) is 0 Å². The van der Waals surface area contributed by atoms with Crippen molar-refractivity contribution in [3.63, 3.8) is 0 Å². The average molecular weight is 1440 g/mol. The minimum absolute atomic E-state index is 0. The van der Waals surface area contributed by atoms with Crippen LogP contribution >= 0.6 is 0 Å². The number of carboxylic acid groups (broad SMARTS) is 3. The van der Waals surface area contributed by atoms with Crippen molar-refractivity contribution in [2.45, 2.75) is 85.1 Å². The molecule has 20 heteroatoms. The number of rotatable bonds is 12. The van der Waals surface area contributed by atoms with E-state index in [2.05, 4.69) is 65.3 Å². The summed E-state index contributed by atoms with van der Waals surface area (Å²) in [5.74, 6) is -2.97. The largest absolute Gasteiger partial charge is 0.478 e. The fraction of sp³-hybridized carbons (Fsp3) is 0.241. The molecule has 0 spiro atoms. The van der Waals surface area contributed by atoms with Crippen LogP contribution in [0.2, 0.25) is 0 Å². The van der Waals surface area contributed by atoms with E-state index in [-0.39, 0.29) is 74.2 Å². The SMILES string of the molecule is C.C.C.Cn1cc2cc3c(cc2n1)c(-c1ccc(C(=O)O)cc1)c(C1CCOCC1)n3-c1ccc(F)cc1.Cn1ncc2cc3c(cc21)c(-c1ccc(C(=O)O)cc1)c(C1CCOCC1)n3-c1ccc(F)cc1.O=C(O)c1ccc(-c2c(C3CCOCC3)n(-c3ccc(F)cc3)c3cc4c(cc23)CN=C4)cc1. The minimum atomic E-state index is -0.954. The molecule has 546 valence electrons. The van der Waals surface area contributed by atoms with Crippen molar-refractivity contribution in [2.24, 2.45) is 19.1 Å². The second kappa shape index (κ2) is 30.8. The number of carbonyl (C=O) groups is 3. The molecule has 17 nitrogen and oxygen atoms in total. The van der Waals surface area contributed by atoms with Crippen LogP contribution < -0.4 is 0 Å². The number of fused-ring (bicyclic) bond motifs is 6. The second-order valence-electron chi connectivity index (χ2n) is 27.0. The summed E-state index contributed by atoms with van der Waals surface area (Å²) >= 11 is 0. The highest BCUT2D eigenvalue weighted by Gasteiger charge is 2.33. The van der Waals surface area contributed by atoms with Gasteiger partial charge in [-0.05, 0) is 212 Å². The smallest absolute Gasteiger partial charge is 0.335 e. The number of aliphatic imine (C=N–C) groups is 1. The van der Waals surface area contributed by atoms with Crippen molar-refractivity contribution in [1.82, 2.24) is 33.3 Å². The van der Waals surface area contributed by atoms with Gasteiger partial charge in [-0.3, -0.25) is 14.4 Å². The van der Waals surface area contributed by atoms with Crippen LogP contribution in [0.25, 0.3) is 105 Å². The standard InChI is InChI=1S/2C28H24FN3O3.C28H23FN2O3.3CH4/c1-31-16-20-14-25-23(15-24(20)30-31)26(17-2-4-19(5-3-17)28(33)34)27(18-10-12-35-13-11-18)32(25)22-8-6-21(29)7-9-22;1-31-24-15-23-25(14-20(24)16-30-31)32(22-8-6-21(29)7-9-22)27(18-10-12-35-13-11-18)26(23)17-2-4-19(5-3-17)28(33)34;29-22-5-7-23(8-6-22)31-25-14-21-16-30-15-20(21)13-24(25)26(27(31)18-9-11-34-12-10-18)17-1-3-19(4-2-17)28(32)33;;;/h2*2-9,14-16,18H,10-13H2,1H3,(H,33,34);1-8,13-14,16,18H,9-12,15H2,(H,32,33);3*1H4. The summed E-state index contributed by atoms with van der Waals surface area (Å²) in [7, 11) is 3.82. The molecule has 9 heterocycles. The van der Waals surface area contributed by atoms with Gasteiger partial charge in [0.2, 0.25) is 0 Å². The maximum absolute atomic E-state index is 13.9. The van der Waals surface area contributed by atoms with Gasteiger partial charge in [-0.25, -0.2) is 27.6 Å². The molecule has 0 atom stereocenters. The van der Waals surface area contributed by atoms with Crippen molar-refractivity contribution in [2.75, 3.05) is 39.6 Å². The van der Waals surface area contributed by atoms with Crippen molar-refractivity contribution in [3.8, 4) is 50.4 Å². The highest BCUT2D eigenvalue weighted by Crippen LogP contribution is 2.49. The monoisotopic (exact) mass is 1440 g/mol. The van der Waals surface area contributed by atoms with Crippen molar-refractivity contribution in [1.29, 1.82) is 0 Å². The molecule has 4 aliphatic heterocycles. The molecule has 5 aromatic heterocycles. The lowest BCUT2D eigenvalue weighted by Crippen LogP contribution is -2.17. The van der Waals surface area contributed by atoms with E-state index < -0.39 is 17.9 Å². The molecule has 0 unspecified atom stereocenters. The summed E-state index contributed by atoms with van der Waals surface area (Å²) < 4.78 is 69.0. The molecule has 0 amide bonds. The first-order valence-corrected chi connectivity index (χ1v) is 34.9. The number of carboxylic acids is 3. The number of benzene rings is 9. The number of hydrogen-bond donors (Lipinski definition) is 3. The molecular formula is C87H83F3N8O9. The van der Waals surface area contributed by atoms with Crippen LogP contribution in [-0.2, 0) is 34.9 Å².